The number of hydrogen-bond donors (Lipinski definition) is 1. The number of rotatable bonds is 6. The van der Waals surface area contributed by atoms with Gasteiger partial charge in [-0.15, -0.1) is 0 Å². The molecule has 0 saturated heterocycles. The lowest BCUT2D eigenvalue weighted by Crippen LogP contribution is -2.37. The van der Waals surface area contributed by atoms with Crippen molar-refractivity contribution < 1.29 is 9.59 Å². The lowest BCUT2D eigenvalue weighted by atomic mass is 9.84. The number of Topliss-reactive ketones (excluding diaryl/α,β-unsaturated/α-hetero) is 1. The molecular formula is C20H29NO2. The van der Waals surface area contributed by atoms with Crippen LogP contribution in [0.4, 0.5) is 0 Å². The third kappa shape index (κ3) is 5.19. The second-order valence-electron chi connectivity index (χ2n) is 6.93. The van der Waals surface area contributed by atoms with Gasteiger partial charge in [0, 0.05) is 24.4 Å². The molecule has 1 aliphatic rings. The van der Waals surface area contributed by atoms with Gasteiger partial charge in [-0.05, 0) is 57.1 Å². The Morgan fingerprint density at radius 2 is 1.78 bits per heavy atom. The Balaban J connectivity index is 1.78. The van der Waals surface area contributed by atoms with Crippen LogP contribution >= 0.6 is 0 Å². The van der Waals surface area contributed by atoms with Gasteiger partial charge >= 0.3 is 0 Å². The van der Waals surface area contributed by atoms with Crippen LogP contribution in [0.2, 0.25) is 0 Å². The molecule has 1 aromatic carbocycles. The minimum absolute atomic E-state index is 0.0172. The van der Waals surface area contributed by atoms with Crippen molar-refractivity contribution in [1.82, 2.24) is 5.32 Å². The minimum atomic E-state index is 0.0172. The molecule has 0 heterocycles. The average molecular weight is 315 g/mol. The van der Waals surface area contributed by atoms with Crippen LogP contribution in [0.1, 0.15) is 73.4 Å². The van der Waals surface area contributed by atoms with Crippen molar-refractivity contribution in [3.05, 3.63) is 34.9 Å². The van der Waals surface area contributed by atoms with Crippen LogP contribution in [-0.4, -0.2) is 17.7 Å². The Morgan fingerprint density at radius 1 is 1.09 bits per heavy atom. The fraction of sp³-hybridized carbons (Fsp3) is 0.600. The van der Waals surface area contributed by atoms with E-state index in [9.17, 15) is 9.59 Å². The monoisotopic (exact) mass is 315 g/mol. The molecule has 0 atom stereocenters. The fourth-order valence-electron chi connectivity index (χ4n) is 3.41. The second kappa shape index (κ2) is 8.28. The highest BCUT2D eigenvalue weighted by Crippen LogP contribution is 2.26. The van der Waals surface area contributed by atoms with E-state index in [1.165, 1.54) is 19.3 Å². The van der Waals surface area contributed by atoms with Gasteiger partial charge in [-0.25, -0.2) is 0 Å². The Kier molecular flexibility index (Phi) is 6.37. The van der Waals surface area contributed by atoms with E-state index in [1.54, 1.807) is 0 Å². The molecule has 23 heavy (non-hydrogen) atoms. The van der Waals surface area contributed by atoms with Crippen molar-refractivity contribution in [1.29, 1.82) is 0 Å². The largest absolute Gasteiger partial charge is 0.353 e. The number of carbonyl (C=O) groups excluding carboxylic acids is 2. The van der Waals surface area contributed by atoms with E-state index in [-0.39, 0.29) is 11.7 Å². The first-order chi connectivity index (χ1) is 11.0. The molecular weight excluding hydrogens is 286 g/mol. The molecule has 0 unspecified atom stereocenters. The normalized spacial score (nSPS) is 21.0. The van der Waals surface area contributed by atoms with Crippen LogP contribution in [0.3, 0.4) is 0 Å². The first kappa shape index (κ1) is 17.7. The van der Waals surface area contributed by atoms with Crippen LogP contribution in [0.5, 0.6) is 0 Å². The number of amides is 1. The van der Waals surface area contributed by atoms with Crippen LogP contribution < -0.4 is 5.32 Å². The van der Waals surface area contributed by atoms with Crippen molar-refractivity contribution in [3.8, 4) is 0 Å². The Morgan fingerprint density at radius 3 is 2.43 bits per heavy atom. The molecule has 1 saturated carbocycles. The van der Waals surface area contributed by atoms with E-state index < -0.39 is 0 Å². The Labute approximate surface area is 139 Å². The third-order valence-corrected chi connectivity index (χ3v) is 5.06. The van der Waals surface area contributed by atoms with Gasteiger partial charge in [-0.1, -0.05) is 31.0 Å². The highest BCUT2D eigenvalue weighted by molar-refractivity contribution is 5.99. The zero-order valence-electron chi connectivity index (χ0n) is 14.7. The summed E-state index contributed by atoms with van der Waals surface area (Å²) in [7, 11) is 0. The molecule has 0 spiro atoms. The summed E-state index contributed by atoms with van der Waals surface area (Å²) in [5, 5.41) is 3.11. The van der Waals surface area contributed by atoms with Gasteiger partial charge < -0.3 is 5.32 Å². The predicted octanol–water partition coefficient (Wildman–Crippen LogP) is 4.35. The average Bonchev–Trinajstić information content (AvgIpc) is 2.55. The molecule has 0 bridgehead atoms. The quantitative estimate of drug-likeness (QED) is 0.793. The van der Waals surface area contributed by atoms with Crippen molar-refractivity contribution in [2.75, 3.05) is 0 Å². The van der Waals surface area contributed by atoms with Crippen molar-refractivity contribution in [3.63, 3.8) is 0 Å². The molecule has 2 rings (SSSR count). The topological polar surface area (TPSA) is 46.2 Å². The minimum Gasteiger partial charge on any atom is -0.353 e. The van der Waals surface area contributed by atoms with Gasteiger partial charge in [0.25, 0.3) is 0 Å². The number of benzene rings is 1. The summed E-state index contributed by atoms with van der Waals surface area (Å²) in [6.45, 7) is 6.16. The smallest absolute Gasteiger partial charge is 0.220 e. The van der Waals surface area contributed by atoms with Gasteiger partial charge in [0.15, 0.2) is 5.78 Å². The molecule has 1 aromatic rings. The molecule has 0 radical (unpaired) electrons. The summed E-state index contributed by atoms with van der Waals surface area (Å²) >= 11 is 0. The maximum atomic E-state index is 12.3. The highest BCUT2D eigenvalue weighted by atomic mass is 16.2. The van der Waals surface area contributed by atoms with Crippen molar-refractivity contribution >= 4 is 11.7 Å². The summed E-state index contributed by atoms with van der Waals surface area (Å²) in [6, 6.07) is 6.20. The number of hydrogen-bond acceptors (Lipinski definition) is 2. The van der Waals surface area contributed by atoms with E-state index in [1.807, 2.05) is 32.0 Å². The summed E-state index contributed by atoms with van der Waals surface area (Å²) in [5.41, 5.74) is 2.82. The predicted molar refractivity (Wildman–Crippen MR) is 93.7 cm³/mol. The SMILES string of the molecule is CCC1CCC(NC(=O)CCC(=O)c2cc(C)ccc2C)CC1. The van der Waals surface area contributed by atoms with E-state index in [0.29, 0.717) is 18.9 Å². The number of nitrogens with one attached hydrogen (secondary N) is 1. The molecule has 1 amide bonds. The first-order valence-corrected chi connectivity index (χ1v) is 8.89. The lowest BCUT2D eigenvalue weighted by Gasteiger charge is -2.28. The number of aryl methyl sites for hydroxylation is 2. The molecule has 3 nitrogen and oxygen atoms in total. The highest BCUT2D eigenvalue weighted by Gasteiger charge is 2.21. The molecule has 1 aliphatic carbocycles. The zero-order chi connectivity index (χ0) is 16.8. The van der Waals surface area contributed by atoms with Gasteiger partial charge in [-0.3, -0.25) is 9.59 Å². The van der Waals surface area contributed by atoms with E-state index in [2.05, 4.69) is 12.2 Å². The zero-order valence-corrected chi connectivity index (χ0v) is 14.7. The van der Waals surface area contributed by atoms with Gasteiger partial charge in [0.2, 0.25) is 5.91 Å². The van der Waals surface area contributed by atoms with Crippen LogP contribution in [0, 0.1) is 19.8 Å². The van der Waals surface area contributed by atoms with E-state index in [4.69, 9.17) is 0 Å². The second-order valence-corrected chi connectivity index (χ2v) is 6.93. The Hall–Kier alpha value is -1.64. The Bertz CT molecular complexity index is 557. The van der Waals surface area contributed by atoms with Crippen molar-refractivity contribution in [2.45, 2.75) is 71.8 Å². The summed E-state index contributed by atoms with van der Waals surface area (Å²) in [5.74, 6) is 0.911. The van der Waals surface area contributed by atoms with Gasteiger partial charge in [0.1, 0.15) is 0 Å². The maximum absolute atomic E-state index is 12.3. The van der Waals surface area contributed by atoms with Crippen LogP contribution in [-0.2, 0) is 4.79 Å². The summed E-state index contributed by atoms with van der Waals surface area (Å²) in [6.07, 6.45) is 6.40. The molecule has 0 aliphatic heterocycles. The molecule has 1 N–H and O–H groups in total. The van der Waals surface area contributed by atoms with E-state index in [0.717, 1.165) is 35.4 Å². The number of carbonyl (C=O) groups is 2. The first-order valence-electron chi connectivity index (χ1n) is 8.89. The molecule has 3 heteroatoms. The third-order valence-electron chi connectivity index (χ3n) is 5.06. The fourth-order valence-corrected chi connectivity index (χ4v) is 3.41. The summed E-state index contributed by atoms with van der Waals surface area (Å²) in [4.78, 5) is 24.4. The van der Waals surface area contributed by atoms with E-state index >= 15 is 0 Å². The number of ketones is 1. The molecule has 126 valence electrons. The van der Waals surface area contributed by atoms with Crippen molar-refractivity contribution in [2.24, 2.45) is 5.92 Å². The van der Waals surface area contributed by atoms with Gasteiger partial charge in [0.05, 0.1) is 0 Å². The molecule has 0 aromatic heterocycles. The molecule has 1 fully saturated rings. The van der Waals surface area contributed by atoms with Crippen LogP contribution in [0.25, 0.3) is 0 Å². The summed E-state index contributed by atoms with van der Waals surface area (Å²) < 4.78 is 0. The van der Waals surface area contributed by atoms with Crippen LogP contribution in [0.15, 0.2) is 18.2 Å². The standard InChI is InChI=1S/C20H29NO2/c1-4-16-7-9-17(10-8-16)21-20(23)12-11-19(22)18-13-14(2)5-6-15(18)3/h5-6,13,16-17H,4,7-12H2,1-3H3,(H,21,23). The van der Waals surface area contributed by atoms with Gasteiger partial charge in [-0.2, -0.15) is 0 Å². The maximum Gasteiger partial charge on any atom is 0.220 e. The lowest BCUT2D eigenvalue weighted by molar-refractivity contribution is -0.122.